The van der Waals surface area contributed by atoms with Gasteiger partial charge in [0.2, 0.25) is 0 Å². The Bertz CT molecular complexity index is 381. The number of aliphatic hydroxyl groups is 1. The summed E-state index contributed by atoms with van der Waals surface area (Å²) in [5.74, 6) is 0. The number of nitrogens with one attached hydrogen (secondary N) is 1. The van der Waals surface area contributed by atoms with E-state index in [-0.39, 0.29) is 18.7 Å². The molecule has 6 heteroatoms. The van der Waals surface area contributed by atoms with Crippen molar-refractivity contribution in [2.75, 3.05) is 19.7 Å². The highest BCUT2D eigenvalue weighted by atomic mass is 32.1. The van der Waals surface area contributed by atoms with E-state index >= 15 is 0 Å². The molecule has 5 nitrogen and oxygen atoms in total. The molecule has 0 bridgehead atoms. The van der Waals surface area contributed by atoms with Crippen molar-refractivity contribution in [3.05, 3.63) is 16.1 Å². The summed E-state index contributed by atoms with van der Waals surface area (Å²) < 4.78 is 0. The number of amides is 2. The Balaban J connectivity index is 2.57. The molecule has 0 spiro atoms. The normalized spacial score (nSPS) is 12.2. The molecule has 1 heterocycles. The van der Waals surface area contributed by atoms with E-state index in [1.807, 2.05) is 19.2 Å². The zero-order chi connectivity index (χ0) is 13.5. The van der Waals surface area contributed by atoms with Crippen LogP contribution < -0.4 is 5.32 Å². The Labute approximate surface area is 112 Å². The molecule has 1 atom stereocenters. The lowest BCUT2D eigenvalue weighted by Gasteiger charge is -2.22. The molecule has 0 fully saturated rings. The number of thiazole rings is 1. The van der Waals surface area contributed by atoms with Gasteiger partial charge in [-0.2, -0.15) is 0 Å². The molecule has 1 rings (SSSR count). The van der Waals surface area contributed by atoms with Crippen LogP contribution in [0, 0.1) is 0 Å². The number of carbonyl (C=O) groups is 1. The molecule has 0 aliphatic rings. The predicted molar refractivity (Wildman–Crippen MR) is 72.8 cm³/mol. The predicted octanol–water partition coefficient (Wildman–Crippen LogP) is 1.79. The van der Waals surface area contributed by atoms with Crippen molar-refractivity contribution >= 4 is 17.4 Å². The number of aromatic nitrogens is 1. The first-order valence-corrected chi connectivity index (χ1v) is 7.10. The molecule has 1 unspecified atom stereocenters. The van der Waals surface area contributed by atoms with E-state index in [9.17, 15) is 4.79 Å². The lowest BCUT2D eigenvalue weighted by atomic mass is 10.2. The van der Waals surface area contributed by atoms with Crippen LogP contribution in [0.25, 0.3) is 0 Å². The standard InChI is InChI=1S/C12H21N3O2S/c1-4-11-14-10(8-18-11)9(3)13-12(17)15(5-2)6-7-16/h8-9,16H,4-7H2,1-3H3,(H,13,17). The van der Waals surface area contributed by atoms with Gasteiger partial charge in [0, 0.05) is 18.5 Å². The number of aryl methyl sites for hydroxylation is 1. The Morgan fingerprint density at radius 3 is 2.83 bits per heavy atom. The number of likely N-dealkylation sites (N-methyl/N-ethyl adjacent to an activating group) is 1. The number of aliphatic hydroxyl groups excluding tert-OH is 1. The number of rotatable bonds is 6. The van der Waals surface area contributed by atoms with Gasteiger partial charge in [0.25, 0.3) is 0 Å². The van der Waals surface area contributed by atoms with Crippen molar-refractivity contribution < 1.29 is 9.90 Å². The first-order chi connectivity index (χ1) is 8.62. The van der Waals surface area contributed by atoms with E-state index in [0.717, 1.165) is 17.1 Å². The molecule has 2 N–H and O–H groups in total. The highest BCUT2D eigenvalue weighted by molar-refractivity contribution is 7.09. The third kappa shape index (κ3) is 3.96. The molecule has 0 aromatic carbocycles. The van der Waals surface area contributed by atoms with Gasteiger partial charge in [-0.3, -0.25) is 0 Å². The first-order valence-electron chi connectivity index (χ1n) is 6.22. The maximum atomic E-state index is 11.9. The highest BCUT2D eigenvalue weighted by Gasteiger charge is 2.16. The second kappa shape index (κ2) is 7.33. The second-order valence-corrected chi connectivity index (χ2v) is 4.94. The topological polar surface area (TPSA) is 65.5 Å². The van der Waals surface area contributed by atoms with Crippen molar-refractivity contribution in [3.63, 3.8) is 0 Å². The van der Waals surface area contributed by atoms with Crippen molar-refractivity contribution in [2.45, 2.75) is 33.2 Å². The van der Waals surface area contributed by atoms with Crippen LogP contribution in [-0.2, 0) is 6.42 Å². The molecule has 2 amide bonds. The lowest BCUT2D eigenvalue weighted by Crippen LogP contribution is -2.42. The molecule has 0 saturated carbocycles. The molecular weight excluding hydrogens is 250 g/mol. The fourth-order valence-corrected chi connectivity index (χ4v) is 2.40. The average molecular weight is 271 g/mol. The minimum Gasteiger partial charge on any atom is -0.395 e. The van der Waals surface area contributed by atoms with E-state index < -0.39 is 0 Å². The van der Waals surface area contributed by atoms with Crippen LogP contribution in [0.1, 0.15) is 37.5 Å². The SMILES string of the molecule is CCc1nc(C(C)NC(=O)N(CC)CCO)cs1. The van der Waals surface area contributed by atoms with Crippen molar-refractivity contribution in [1.82, 2.24) is 15.2 Å². The van der Waals surface area contributed by atoms with E-state index in [4.69, 9.17) is 5.11 Å². The summed E-state index contributed by atoms with van der Waals surface area (Å²) in [6.07, 6.45) is 0.914. The van der Waals surface area contributed by atoms with Crippen LogP contribution in [0.3, 0.4) is 0 Å². The quantitative estimate of drug-likeness (QED) is 0.829. The van der Waals surface area contributed by atoms with Gasteiger partial charge < -0.3 is 15.3 Å². The molecule has 1 aromatic rings. The van der Waals surface area contributed by atoms with Crippen LogP contribution >= 0.6 is 11.3 Å². The third-order valence-electron chi connectivity index (χ3n) is 2.69. The highest BCUT2D eigenvalue weighted by Crippen LogP contribution is 2.17. The zero-order valence-corrected chi connectivity index (χ0v) is 12.0. The van der Waals surface area contributed by atoms with E-state index in [2.05, 4.69) is 17.2 Å². The maximum absolute atomic E-state index is 11.9. The number of hydrogen-bond acceptors (Lipinski definition) is 4. The Morgan fingerprint density at radius 2 is 2.33 bits per heavy atom. The van der Waals surface area contributed by atoms with Crippen molar-refractivity contribution in [1.29, 1.82) is 0 Å². The van der Waals surface area contributed by atoms with Crippen molar-refractivity contribution in [2.24, 2.45) is 0 Å². The van der Waals surface area contributed by atoms with Gasteiger partial charge in [-0.1, -0.05) is 6.92 Å². The summed E-state index contributed by atoms with van der Waals surface area (Å²) >= 11 is 1.61. The summed E-state index contributed by atoms with van der Waals surface area (Å²) in [5.41, 5.74) is 0.894. The molecule has 18 heavy (non-hydrogen) atoms. The molecule has 0 aliphatic carbocycles. The molecular formula is C12H21N3O2S. The number of nitrogens with zero attached hydrogens (tertiary/aromatic N) is 2. The smallest absolute Gasteiger partial charge is 0.317 e. The van der Waals surface area contributed by atoms with Crippen LogP contribution in [0.4, 0.5) is 4.79 Å². The minimum atomic E-state index is -0.162. The summed E-state index contributed by atoms with van der Waals surface area (Å²) in [6.45, 7) is 6.78. The summed E-state index contributed by atoms with van der Waals surface area (Å²) in [5, 5.41) is 14.8. The van der Waals surface area contributed by atoms with Gasteiger partial charge >= 0.3 is 6.03 Å². The van der Waals surface area contributed by atoms with Gasteiger partial charge in [-0.25, -0.2) is 9.78 Å². The van der Waals surface area contributed by atoms with E-state index in [1.165, 1.54) is 0 Å². The molecule has 102 valence electrons. The molecule has 0 saturated heterocycles. The summed E-state index contributed by atoms with van der Waals surface area (Å²) in [6, 6.07) is -0.271. The molecule has 1 aromatic heterocycles. The van der Waals surface area contributed by atoms with E-state index in [1.54, 1.807) is 16.2 Å². The van der Waals surface area contributed by atoms with Crippen LogP contribution in [0.15, 0.2) is 5.38 Å². The van der Waals surface area contributed by atoms with Gasteiger partial charge in [-0.05, 0) is 20.3 Å². The fraction of sp³-hybridized carbons (Fsp3) is 0.667. The number of hydrogen-bond donors (Lipinski definition) is 2. The third-order valence-corrected chi connectivity index (χ3v) is 3.71. The van der Waals surface area contributed by atoms with Gasteiger partial charge in [0.1, 0.15) is 0 Å². The number of carbonyl (C=O) groups excluding carboxylic acids is 1. The molecule has 0 aliphatic heterocycles. The summed E-state index contributed by atoms with van der Waals surface area (Å²) in [4.78, 5) is 17.9. The van der Waals surface area contributed by atoms with Gasteiger partial charge in [-0.15, -0.1) is 11.3 Å². The lowest BCUT2D eigenvalue weighted by molar-refractivity contribution is 0.177. The molecule has 0 radical (unpaired) electrons. The minimum absolute atomic E-state index is 0.0215. The van der Waals surface area contributed by atoms with Crippen LogP contribution in [0.2, 0.25) is 0 Å². The number of urea groups is 1. The van der Waals surface area contributed by atoms with Crippen LogP contribution in [0.5, 0.6) is 0 Å². The fourth-order valence-electron chi connectivity index (χ4n) is 1.56. The Hall–Kier alpha value is -1.14. The largest absolute Gasteiger partial charge is 0.395 e. The second-order valence-electron chi connectivity index (χ2n) is 3.99. The van der Waals surface area contributed by atoms with Crippen molar-refractivity contribution in [3.8, 4) is 0 Å². The van der Waals surface area contributed by atoms with E-state index in [0.29, 0.717) is 13.1 Å². The van der Waals surface area contributed by atoms with Gasteiger partial charge in [0.05, 0.1) is 23.4 Å². The van der Waals surface area contributed by atoms with Crippen LogP contribution in [-0.4, -0.2) is 40.7 Å². The summed E-state index contributed by atoms with van der Waals surface area (Å²) in [7, 11) is 0. The Kier molecular flexibility index (Phi) is 6.07. The van der Waals surface area contributed by atoms with Gasteiger partial charge in [0.15, 0.2) is 0 Å². The Morgan fingerprint density at radius 1 is 1.61 bits per heavy atom. The first kappa shape index (κ1) is 14.9. The zero-order valence-electron chi connectivity index (χ0n) is 11.1. The monoisotopic (exact) mass is 271 g/mol. The average Bonchev–Trinajstić information content (AvgIpc) is 2.84. The maximum Gasteiger partial charge on any atom is 0.317 e.